The quantitative estimate of drug-likeness (QED) is 0.732. The van der Waals surface area contributed by atoms with Gasteiger partial charge < -0.3 is 9.97 Å². The molecule has 0 spiro atoms. The maximum absolute atomic E-state index is 5.44. The summed E-state index contributed by atoms with van der Waals surface area (Å²) in [7, 11) is 0. The van der Waals surface area contributed by atoms with Crippen molar-refractivity contribution in [3.05, 3.63) is 35.4 Å². The summed E-state index contributed by atoms with van der Waals surface area (Å²) < 4.78 is 0. The number of aromatic nitrogens is 4. The lowest BCUT2D eigenvalue weighted by Gasteiger charge is -2.05. The number of H-pyrrole nitrogens is 2. The topological polar surface area (TPSA) is 57.4 Å². The first kappa shape index (κ1) is 16.0. The molecule has 0 bridgehead atoms. The van der Waals surface area contributed by atoms with Crippen molar-refractivity contribution in [3.63, 3.8) is 0 Å². The molecule has 0 aliphatic rings. The molecule has 0 unspecified atom stereocenters. The number of nitrogens with one attached hydrogen (secondary N) is 2. The van der Waals surface area contributed by atoms with Crippen molar-refractivity contribution >= 4 is 34.2 Å². The Bertz CT molecular complexity index is 573. The third kappa shape index (κ3) is 4.82. The van der Waals surface area contributed by atoms with Crippen LogP contribution >= 0.6 is 24.4 Å². The highest BCUT2D eigenvalue weighted by atomic mass is 32.1. The summed E-state index contributed by atoms with van der Waals surface area (Å²) in [4.78, 5) is 16.8. The molecular formula is C15H20N4S2. The molecule has 6 heteroatoms. The van der Waals surface area contributed by atoms with Crippen LogP contribution in [0.5, 0.6) is 0 Å². The highest BCUT2D eigenvalue weighted by molar-refractivity contribution is 7.80. The lowest BCUT2D eigenvalue weighted by molar-refractivity contribution is 0.911. The molecule has 2 rings (SSSR count). The van der Waals surface area contributed by atoms with E-state index in [0.717, 1.165) is 64.6 Å². The normalized spacial score (nSPS) is 10.8. The van der Waals surface area contributed by atoms with Crippen LogP contribution in [0.2, 0.25) is 0 Å². The molecule has 112 valence electrons. The van der Waals surface area contributed by atoms with Crippen LogP contribution in [0.15, 0.2) is 12.7 Å². The molecule has 2 heterocycles. The fraction of sp³-hybridized carbons (Fsp3) is 0.467. The summed E-state index contributed by atoms with van der Waals surface area (Å²) in [5, 5.41) is 0. The van der Waals surface area contributed by atoms with Crippen molar-refractivity contribution in [2.24, 2.45) is 0 Å². The zero-order chi connectivity index (χ0) is 15.2. The Kier molecular flexibility index (Phi) is 5.76. The predicted molar refractivity (Wildman–Crippen MR) is 93.1 cm³/mol. The molecule has 21 heavy (non-hydrogen) atoms. The van der Waals surface area contributed by atoms with E-state index in [4.69, 9.17) is 24.4 Å². The van der Waals surface area contributed by atoms with Gasteiger partial charge in [-0.15, -0.1) is 0 Å². The number of thiocarbonyl (C=S) groups is 2. The third-order valence-electron chi connectivity index (χ3n) is 3.51. The van der Waals surface area contributed by atoms with Gasteiger partial charge in [0, 0.05) is 24.2 Å². The summed E-state index contributed by atoms with van der Waals surface area (Å²) in [5.41, 5.74) is 4.30. The number of aryl methyl sites for hydroxylation is 2. The van der Waals surface area contributed by atoms with Gasteiger partial charge in [-0.05, 0) is 42.8 Å². The largest absolute Gasteiger partial charge is 0.348 e. The SMILES string of the molecule is Cc1[nH]cnc1CC(=S)CCCC(=S)Cc1nc[nH]c1C. The van der Waals surface area contributed by atoms with E-state index in [2.05, 4.69) is 19.9 Å². The van der Waals surface area contributed by atoms with E-state index < -0.39 is 0 Å². The Hall–Kier alpha value is -1.40. The van der Waals surface area contributed by atoms with E-state index >= 15 is 0 Å². The molecule has 2 aromatic rings. The van der Waals surface area contributed by atoms with Crippen LogP contribution in [0, 0.1) is 13.8 Å². The summed E-state index contributed by atoms with van der Waals surface area (Å²) in [6, 6.07) is 0. The monoisotopic (exact) mass is 320 g/mol. The fourth-order valence-electron chi connectivity index (χ4n) is 2.16. The number of nitrogens with zero attached hydrogens (tertiary/aromatic N) is 2. The molecule has 4 nitrogen and oxygen atoms in total. The summed E-state index contributed by atoms with van der Waals surface area (Å²) in [5.74, 6) is 0. The first-order valence-electron chi connectivity index (χ1n) is 7.07. The van der Waals surface area contributed by atoms with Gasteiger partial charge in [0.15, 0.2) is 0 Å². The molecule has 0 atom stereocenters. The highest BCUT2D eigenvalue weighted by Gasteiger charge is 2.08. The van der Waals surface area contributed by atoms with E-state index in [1.54, 1.807) is 12.7 Å². The molecule has 2 aromatic heterocycles. The van der Waals surface area contributed by atoms with Crippen LogP contribution in [0.4, 0.5) is 0 Å². The lowest BCUT2D eigenvalue weighted by atomic mass is 10.1. The van der Waals surface area contributed by atoms with Crippen LogP contribution in [-0.4, -0.2) is 29.7 Å². The van der Waals surface area contributed by atoms with Gasteiger partial charge in [0.2, 0.25) is 0 Å². The van der Waals surface area contributed by atoms with Crippen LogP contribution in [-0.2, 0) is 12.8 Å². The Morgan fingerprint density at radius 1 is 0.905 bits per heavy atom. The van der Waals surface area contributed by atoms with Gasteiger partial charge in [0.1, 0.15) is 0 Å². The van der Waals surface area contributed by atoms with Crippen LogP contribution in [0.3, 0.4) is 0 Å². The Balaban J connectivity index is 1.69. The average molecular weight is 320 g/mol. The molecule has 0 aliphatic carbocycles. The van der Waals surface area contributed by atoms with Crippen LogP contribution in [0.1, 0.15) is 42.0 Å². The standard InChI is InChI=1S/C15H20N4S2/c1-10-14(18-8-16-10)6-12(20)4-3-5-13(21)7-15-11(2)17-9-19-15/h8-9H,3-7H2,1-2H3,(H,16,18)(H,17,19). The number of rotatable bonds is 8. The molecule has 0 aromatic carbocycles. The van der Waals surface area contributed by atoms with E-state index in [0.29, 0.717) is 0 Å². The number of hydrogen-bond donors (Lipinski definition) is 2. The summed E-state index contributed by atoms with van der Waals surface area (Å²) in [6.45, 7) is 4.04. The molecule has 0 fully saturated rings. The summed E-state index contributed by atoms with van der Waals surface area (Å²) in [6.07, 6.45) is 7.82. The maximum Gasteiger partial charge on any atom is 0.0925 e. The van der Waals surface area contributed by atoms with Crippen LogP contribution < -0.4 is 0 Å². The van der Waals surface area contributed by atoms with Crippen molar-refractivity contribution in [2.75, 3.05) is 0 Å². The van der Waals surface area contributed by atoms with E-state index in [1.807, 2.05) is 13.8 Å². The number of aromatic amines is 2. The van der Waals surface area contributed by atoms with Gasteiger partial charge in [0.25, 0.3) is 0 Å². The first-order chi connectivity index (χ1) is 10.1. The third-order valence-corrected chi connectivity index (χ3v) is 4.21. The van der Waals surface area contributed by atoms with Gasteiger partial charge in [-0.1, -0.05) is 24.4 Å². The average Bonchev–Trinajstić information content (AvgIpc) is 3.00. The van der Waals surface area contributed by atoms with Crippen molar-refractivity contribution < 1.29 is 0 Å². The molecule has 0 saturated heterocycles. The second-order valence-corrected chi connectivity index (χ2v) is 6.39. The minimum Gasteiger partial charge on any atom is -0.348 e. The Labute approximate surface area is 135 Å². The predicted octanol–water partition coefficient (Wildman–Crippen LogP) is 3.44. The number of imidazole rings is 2. The minimum atomic E-state index is 0.774. The van der Waals surface area contributed by atoms with E-state index in [1.165, 1.54) is 0 Å². The molecular weight excluding hydrogens is 300 g/mol. The van der Waals surface area contributed by atoms with Gasteiger partial charge in [-0.3, -0.25) is 0 Å². The van der Waals surface area contributed by atoms with Gasteiger partial charge in [-0.25, -0.2) is 9.97 Å². The molecule has 0 saturated carbocycles. The van der Waals surface area contributed by atoms with Crippen LogP contribution in [0.25, 0.3) is 0 Å². The maximum atomic E-state index is 5.44. The molecule has 0 radical (unpaired) electrons. The zero-order valence-electron chi connectivity index (χ0n) is 12.4. The lowest BCUT2D eigenvalue weighted by Crippen LogP contribution is -2.05. The van der Waals surface area contributed by atoms with E-state index in [9.17, 15) is 0 Å². The van der Waals surface area contributed by atoms with Crippen molar-refractivity contribution in [1.82, 2.24) is 19.9 Å². The summed E-state index contributed by atoms with van der Waals surface area (Å²) >= 11 is 10.9. The van der Waals surface area contributed by atoms with Crippen molar-refractivity contribution in [2.45, 2.75) is 46.0 Å². The molecule has 2 N–H and O–H groups in total. The number of hydrogen-bond acceptors (Lipinski definition) is 4. The highest BCUT2D eigenvalue weighted by Crippen LogP contribution is 2.10. The minimum absolute atomic E-state index is 0.774. The zero-order valence-corrected chi connectivity index (χ0v) is 14.0. The van der Waals surface area contributed by atoms with Crippen molar-refractivity contribution in [3.8, 4) is 0 Å². The first-order valence-corrected chi connectivity index (χ1v) is 7.89. The fourth-order valence-corrected chi connectivity index (χ4v) is 2.73. The van der Waals surface area contributed by atoms with Crippen molar-refractivity contribution in [1.29, 1.82) is 0 Å². The second-order valence-electron chi connectivity index (χ2n) is 5.23. The van der Waals surface area contributed by atoms with Gasteiger partial charge >= 0.3 is 0 Å². The van der Waals surface area contributed by atoms with E-state index in [-0.39, 0.29) is 0 Å². The van der Waals surface area contributed by atoms with Gasteiger partial charge in [-0.2, -0.15) is 0 Å². The van der Waals surface area contributed by atoms with Gasteiger partial charge in [0.05, 0.1) is 24.0 Å². The molecule has 0 amide bonds. The Morgan fingerprint density at radius 2 is 1.33 bits per heavy atom. The second kappa shape index (κ2) is 7.56. The molecule has 0 aliphatic heterocycles. The smallest absolute Gasteiger partial charge is 0.0925 e. The Morgan fingerprint density at radius 3 is 1.67 bits per heavy atom.